The van der Waals surface area contributed by atoms with Gasteiger partial charge < -0.3 is 5.32 Å². The molecule has 1 heterocycles. The third kappa shape index (κ3) is 3.43. The Morgan fingerprint density at radius 1 is 1.07 bits per heavy atom. The average Bonchev–Trinajstić information content (AvgIpc) is 3.30. The fraction of sp³-hybridized carbons (Fsp3) is 0.273. The van der Waals surface area contributed by atoms with E-state index in [1.165, 1.54) is 0 Å². The molecule has 1 aliphatic carbocycles. The van der Waals surface area contributed by atoms with Crippen LogP contribution in [0.5, 0.6) is 0 Å². The van der Waals surface area contributed by atoms with Crippen LogP contribution >= 0.6 is 23.2 Å². The average molecular weight is 415 g/mol. The Morgan fingerprint density at radius 3 is 2.43 bits per heavy atom. The van der Waals surface area contributed by atoms with Crippen LogP contribution in [0.4, 0.5) is 5.69 Å². The number of rotatable bonds is 3. The zero-order chi connectivity index (χ0) is 19.8. The van der Waals surface area contributed by atoms with Gasteiger partial charge in [0.25, 0.3) is 5.91 Å². The van der Waals surface area contributed by atoms with E-state index >= 15 is 0 Å². The fourth-order valence-corrected chi connectivity index (χ4v) is 4.45. The van der Waals surface area contributed by atoms with E-state index in [4.69, 9.17) is 23.2 Å². The molecular weight excluding hydrogens is 395 g/mol. The molecule has 0 bridgehead atoms. The topological polar surface area (TPSA) is 51.1 Å². The number of aryl methyl sites for hydroxylation is 1. The molecule has 1 aliphatic rings. The van der Waals surface area contributed by atoms with Crippen LogP contribution in [0.1, 0.15) is 41.6 Å². The van der Waals surface area contributed by atoms with Crippen molar-refractivity contribution < 1.29 is 9.59 Å². The van der Waals surface area contributed by atoms with Crippen molar-refractivity contribution in [1.29, 1.82) is 0 Å². The van der Waals surface area contributed by atoms with Gasteiger partial charge in [0, 0.05) is 23.2 Å². The highest BCUT2D eigenvalue weighted by molar-refractivity contribution is 6.40. The van der Waals surface area contributed by atoms with Gasteiger partial charge >= 0.3 is 0 Å². The smallest absolute Gasteiger partial charge is 0.265 e. The highest BCUT2D eigenvalue weighted by atomic mass is 35.5. The van der Waals surface area contributed by atoms with Crippen LogP contribution in [-0.2, 0) is 4.79 Å². The molecule has 1 amide bonds. The molecule has 1 fully saturated rings. The number of amides is 1. The second-order valence-electron chi connectivity index (χ2n) is 7.29. The van der Waals surface area contributed by atoms with Crippen molar-refractivity contribution in [3.63, 3.8) is 0 Å². The number of nitrogens with one attached hydrogen (secondary N) is 1. The predicted octanol–water partition coefficient (Wildman–Crippen LogP) is 6.07. The minimum Gasteiger partial charge on any atom is -0.326 e. The number of carbonyl (C=O) groups excluding carboxylic acids is 2. The number of anilines is 1. The van der Waals surface area contributed by atoms with Crippen molar-refractivity contribution in [1.82, 2.24) is 4.57 Å². The first-order valence-electron chi connectivity index (χ1n) is 9.37. The van der Waals surface area contributed by atoms with Crippen LogP contribution in [-0.4, -0.2) is 16.4 Å². The Kier molecular flexibility index (Phi) is 5.17. The minimum atomic E-state index is -0.281. The van der Waals surface area contributed by atoms with Crippen molar-refractivity contribution in [2.24, 2.45) is 5.92 Å². The summed E-state index contributed by atoms with van der Waals surface area (Å²) in [5, 5.41) is 4.55. The molecule has 0 spiro atoms. The lowest BCUT2D eigenvalue weighted by Gasteiger charge is -2.11. The first-order valence-corrected chi connectivity index (χ1v) is 10.1. The number of nitrogens with zero attached hydrogens (tertiary/aromatic N) is 1. The van der Waals surface area contributed by atoms with Crippen LogP contribution in [0.2, 0.25) is 10.0 Å². The van der Waals surface area contributed by atoms with E-state index in [1.807, 2.05) is 25.1 Å². The largest absolute Gasteiger partial charge is 0.326 e. The van der Waals surface area contributed by atoms with Gasteiger partial charge in [-0.2, -0.15) is 0 Å². The van der Waals surface area contributed by atoms with Gasteiger partial charge in [0.15, 0.2) is 0 Å². The first kappa shape index (κ1) is 19.0. The van der Waals surface area contributed by atoms with Gasteiger partial charge in [-0.3, -0.25) is 14.2 Å². The maximum atomic E-state index is 13.1. The molecule has 0 unspecified atom stereocenters. The summed E-state index contributed by atoms with van der Waals surface area (Å²) in [6.07, 6.45) is 5.92. The number of halogens is 2. The summed E-state index contributed by atoms with van der Waals surface area (Å²) >= 11 is 12.4. The number of hydrogen-bond donors (Lipinski definition) is 1. The quantitative estimate of drug-likeness (QED) is 0.564. The van der Waals surface area contributed by atoms with E-state index in [9.17, 15) is 9.59 Å². The van der Waals surface area contributed by atoms with Crippen LogP contribution in [0.3, 0.4) is 0 Å². The standard InChI is InChI=1S/C22H20Cl2N2O2/c1-13-12-26(22(28)20-17(23)7-4-8-18(20)24)19-10-9-15(11-16(13)19)25-21(27)14-5-2-3-6-14/h4,7-12,14H,2-3,5-6H2,1H3,(H,25,27). The monoisotopic (exact) mass is 414 g/mol. The number of carbonyl (C=O) groups is 2. The molecule has 0 radical (unpaired) electrons. The maximum absolute atomic E-state index is 13.1. The number of benzene rings is 2. The summed E-state index contributed by atoms with van der Waals surface area (Å²) in [4.78, 5) is 25.5. The van der Waals surface area contributed by atoms with Gasteiger partial charge in [-0.1, -0.05) is 42.1 Å². The number of aromatic nitrogens is 1. The summed E-state index contributed by atoms with van der Waals surface area (Å²) < 4.78 is 1.56. The molecular formula is C22H20Cl2N2O2. The van der Waals surface area contributed by atoms with Crippen LogP contribution in [0.25, 0.3) is 10.9 Å². The lowest BCUT2D eigenvalue weighted by Crippen LogP contribution is -2.20. The summed E-state index contributed by atoms with van der Waals surface area (Å²) in [5.74, 6) is -0.102. The Balaban J connectivity index is 1.68. The molecule has 4 rings (SSSR count). The number of fused-ring (bicyclic) bond motifs is 1. The lowest BCUT2D eigenvalue weighted by molar-refractivity contribution is -0.119. The third-order valence-corrected chi connectivity index (χ3v) is 6.02. The minimum absolute atomic E-state index is 0.0767. The Bertz CT molecular complexity index is 1060. The second kappa shape index (κ2) is 7.61. The summed E-state index contributed by atoms with van der Waals surface area (Å²) in [6, 6.07) is 10.6. The van der Waals surface area contributed by atoms with Gasteiger partial charge in [-0.25, -0.2) is 0 Å². The van der Waals surface area contributed by atoms with Gasteiger partial charge in [-0.15, -0.1) is 0 Å². The van der Waals surface area contributed by atoms with Gasteiger partial charge in [0.1, 0.15) is 0 Å². The van der Waals surface area contributed by atoms with E-state index < -0.39 is 0 Å². The van der Waals surface area contributed by atoms with E-state index in [0.717, 1.165) is 47.8 Å². The second-order valence-corrected chi connectivity index (χ2v) is 8.10. The Hall–Kier alpha value is -2.30. The van der Waals surface area contributed by atoms with Crippen LogP contribution in [0, 0.1) is 12.8 Å². The van der Waals surface area contributed by atoms with Crippen molar-refractivity contribution in [3.05, 3.63) is 63.8 Å². The fourth-order valence-electron chi connectivity index (χ4n) is 3.90. The SMILES string of the molecule is Cc1cn(C(=O)c2c(Cl)cccc2Cl)c2ccc(NC(=O)C3CCCC3)cc12. The van der Waals surface area contributed by atoms with E-state index in [-0.39, 0.29) is 23.3 Å². The first-order chi connectivity index (χ1) is 13.5. The zero-order valence-electron chi connectivity index (χ0n) is 15.5. The lowest BCUT2D eigenvalue weighted by atomic mass is 10.1. The summed E-state index contributed by atoms with van der Waals surface area (Å²) in [7, 11) is 0. The van der Waals surface area contributed by atoms with Crippen LogP contribution < -0.4 is 5.32 Å². The van der Waals surface area contributed by atoms with Gasteiger partial charge in [-0.05, 0) is 55.7 Å². The van der Waals surface area contributed by atoms with Gasteiger partial charge in [0.2, 0.25) is 5.91 Å². The van der Waals surface area contributed by atoms with Crippen molar-refractivity contribution >= 4 is 51.6 Å². The molecule has 6 heteroatoms. The highest BCUT2D eigenvalue weighted by Gasteiger charge is 2.23. The van der Waals surface area contributed by atoms with Crippen molar-refractivity contribution in [2.75, 3.05) is 5.32 Å². The van der Waals surface area contributed by atoms with E-state index in [0.29, 0.717) is 10.0 Å². The molecule has 1 saturated carbocycles. The van der Waals surface area contributed by atoms with Gasteiger partial charge in [0.05, 0.1) is 21.1 Å². The molecule has 2 aromatic carbocycles. The molecule has 1 aromatic heterocycles. The molecule has 3 aromatic rings. The normalized spacial score (nSPS) is 14.5. The van der Waals surface area contributed by atoms with E-state index in [2.05, 4.69) is 5.32 Å². The Morgan fingerprint density at radius 2 is 1.75 bits per heavy atom. The predicted molar refractivity (Wildman–Crippen MR) is 113 cm³/mol. The molecule has 1 N–H and O–H groups in total. The summed E-state index contributed by atoms with van der Waals surface area (Å²) in [5.41, 5.74) is 2.70. The molecule has 0 aliphatic heterocycles. The molecule has 0 atom stereocenters. The highest BCUT2D eigenvalue weighted by Crippen LogP contribution is 2.30. The third-order valence-electron chi connectivity index (χ3n) is 5.39. The number of hydrogen-bond acceptors (Lipinski definition) is 2. The molecule has 4 nitrogen and oxygen atoms in total. The molecule has 0 saturated heterocycles. The van der Waals surface area contributed by atoms with E-state index in [1.54, 1.807) is 29.0 Å². The summed E-state index contributed by atoms with van der Waals surface area (Å²) in [6.45, 7) is 1.93. The van der Waals surface area contributed by atoms with Crippen LogP contribution in [0.15, 0.2) is 42.6 Å². The maximum Gasteiger partial charge on any atom is 0.265 e. The van der Waals surface area contributed by atoms with Crippen molar-refractivity contribution in [3.8, 4) is 0 Å². The Labute approximate surface area is 173 Å². The molecule has 28 heavy (non-hydrogen) atoms. The zero-order valence-corrected chi connectivity index (χ0v) is 17.0. The van der Waals surface area contributed by atoms with Crippen molar-refractivity contribution in [2.45, 2.75) is 32.6 Å². The molecule has 144 valence electrons.